The number of aryl methyl sites for hydroxylation is 3. The van der Waals surface area contributed by atoms with E-state index in [1.165, 1.54) is 6.07 Å². The molecule has 0 unspecified atom stereocenters. The van der Waals surface area contributed by atoms with Crippen LogP contribution >= 0.6 is 0 Å². The van der Waals surface area contributed by atoms with Gasteiger partial charge in [-0.3, -0.25) is 4.79 Å². The lowest BCUT2D eigenvalue weighted by Crippen LogP contribution is -2.11. The Morgan fingerprint density at radius 3 is 2.50 bits per heavy atom. The van der Waals surface area contributed by atoms with Gasteiger partial charge in [0.25, 0.3) is 5.91 Å². The summed E-state index contributed by atoms with van der Waals surface area (Å²) in [5.41, 5.74) is 6.84. The van der Waals surface area contributed by atoms with Gasteiger partial charge in [-0.05, 0) is 67.8 Å². The predicted octanol–water partition coefficient (Wildman–Crippen LogP) is 5.51. The van der Waals surface area contributed by atoms with Crippen LogP contribution in [0.25, 0.3) is 33.4 Å². The van der Waals surface area contributed by atoms with Crippen LogP contribution in [0.1, 0.15) is 27.0 Å². The minimum atomic E-state index is -0.414. The van der Waals surface area contributed by atoms with Gasteiger partial charge in [-0.15, -0.1) is 0 Å². The first-order valence-corrected chi connectivity index (χ1v) is 10.3. The van der Waals surface area contributed by atoms with Gasteiger partial charge in [0.15, 0.2) is 0 Å². The molecule has 5 rings (SSSR count). The quantitative estimate of drug-likeness (QED) is 0.374. The number of rotatable bonds is 3. The number of anilines is 1. The first-order valence-electron chi connectivity index (χ1n) is 10.3. The van der Waals surface area contributed by atoms with Crippen LogP contribution in [0.5, 0.6) is 0 Å². The van der Waals surface area contributed by atoms with Crippen LogP contribution in [-0.2, 0) is 0 Å². The number of hydrogen-bond acceptors (Lipinski definition) is 4. The molecule has 0 aliphatic heterocycles. The van der Waals surface area contributed by atoms with Gasteiger partial charge in [-0.1, -0.05) is 18.2 Å². The third-order valence-electron chi connectivity index (χ3n) is 5.67. The minimum absolute atomic E-state index is 0.260. The molecule has 2 N–H and O–H groups in total. The van der Waals surface area contributed by atoms with Crippen molar-refractivity contribution in [2.24, 2.45) is 0 Å². The Kier molecular flexibility index (Phi) is 4.63. The molecule has 32 heavy (non-hydrogen) atoms. The summed E-state index contributed by atoms with van der Waals surface area (Å²) in [4.78, 5) is 32.6. The summed E-state index contributed by atoms with van der Waals surface area (Å²) in [7, 11) is 0. The summed E-state index contributed by atoms with van der Waals surface area (Å²) in [5, 5.41) is 3.71. The number of imidazole rings is 1. The number of fused-ring (bicyclic) bond motifs is 2. The van der Waals surface area contributed by atoms with Gasteiger partial charge in [0.05, 0.1) is 11.0 Å². The second kappa shape index (κ2) is 7.50. The van der Waals surface area contributed by atoms with Crippen LogP contribution in [0, 0.1) is 20.8 Å². The molecule has 3 aromatic carbocycles. The molecule has 6 nitrogen and oxygen atoms in total. The van der Waals surface area contributed by atoms with Crippen molar-refractivity contribution < 1.29 is 9.21 Å². The van der Waals surface area contributed by atoms with E-state index < -0.39 is 5.63 Å². The molecule has 0 saturated heterocycles. The van der Waals surface area contributed by atoms with Crippen LogP contribution in [0.15, 0.2) is 69.9 Å². The highest BCUT2D eigenvalue weighted by molar-refractivity contribution is 6.06. The molecule has 0 bridgehead atoms. The molecule has 0 saturated carbocycles. The predicted molar refractivity (Wildman–Crippen MR) is 126 cm³/mol. The number of carbonyl (C=O) groups excluding carboxylic acids is 1. The summed E-state index contributed by atoms with van der Waals surface area (Å²) in [5.74, 6) is 0.526. The Labute approximate surface area is 183 Å². The highest BCUT2D eigenvalue weighted by Crippen LogP contribution is 2.27. The SMILES string of the molecule is Cc1cccc(C)c1-c1nc2ccc(C(=O)Nc3ccc4c(C)cc(=O)oc4c3)cc2[nH]1. The summed E-state index contributed by atoms with van der Waals surface area (Å²) < 4.78 is 5.27. The van der Waals surface area contributed by atoms with Crippen molar-refractivity contribution in [3.05, 3.63) is 93.3 Å². The summed E-state index contributed by atoms with van der Waals surface area (Å²) >= 11 is 0. The van der Waals surface area contributed by atoms with Gasteiger partial charge in [0.1, 0.15) is 11.4 Å². The topological polar surface area (TPSA) is 88.0 Å². The highest BCUT2D eigenvalue weighted by atomic mass is 16.4. The Morgan fingerprint density at radius 1 is 0.938 bits per heavy atom. The van der Waals surface area contributed by atoms with Crippen LogP contribution in [0.3, 0.4) is 0 Å². The lowest BCUT2D eigenvalue weighted by Gasteiger charge is -2.07. The number of carbonyl (C=O) groups is 1. The maximum atomic E-state index is 12.9. The largest absolute Gasteiger partial charge is 0.423 e. The fourth-order valence-electron chi connectivity index (χ4n) is 4.06. The molecular weight excluding hydrogens is 402 g/mol. The smallest absolute Gasteiger partial charge is 0.336 e. The molecule has 0 aliphatic rings. The standard InChI is InChI=1S/C26H21N3O3/c1-14-5-4-6-15(2)24(14)25-28-20-10-7-17(12-21(20)29-25)26(31)27-18-8-9-19-16(3)11-23(30)32-22(19)13-18/h4-13H,1-3H3,(H,27,31)(H,28,29). The maximum absolute atomic E-state index is 12.9. The number of aromatic nitrogens is 2. The van der Waals surface area contributed by atoms with Gasteiger partial charge in [-0.2, -0.15) is 0 Å². The van der Waals surface area contributed by atoms with Crippen molar-refractivity contribution in [1.82, 2.24) is 9.97 Å². The molecule has 0 aliphatic carbocycles. The van der Waals surface area contributed by atoms with E-state index in [1.807, 2.05) is 25.1 Å². The average molecular weight is 423 g/mol. The minimum Gasteiger partial charge on any atom is -0.423 e. The van der Waals surface area contributed by atoms with Crippen molar-refractivity contribution in [2.75, 3.05) is 5.32 Å². The third kappa shape index (κ3) is 3.46. The zero-order valence-electron chi connectivity index (χ0n) is 17.9. The van der Waals surface area contributed by atoms with E-state index in [0.29, 0.717) is 16.8 Å². The molecule has 2 heterocycles. The lowest BCUT2D eigenvalue weighted by molar-refractivity contribution is 0.102. The molecule has 0 fully saturated rings. The molecule has 0 atom stereocenters. The highest BCUT2D eigenvalue weighted by Gasteiger charge is 2.13. The van der Waals surface area contributed by atoms with E-state index in [9.17, 15) is 9.59 Å². The number of H-pyrrole nitrogens is 1. The van der Waals surface area contributed by atoms with Crippen molar-refractivity contribution in [3.63, 3.8) is 0 Å². The van der Waals surface area contributed by atoms with Crippen LogP contribution in [-0.4, -0.2) is 15.9 Å². The van der Waals surface area contributed by atoms with E-state index in [-0.39, 0.29) is 5.91 Å². The first-order chi connectivity index (χ1) is 15.4. The Bertz CT molecular complexity index is 1560. The van der Waals surface area contributed by atoms with E-state index in [4.69, 9.17) is 9.40 Å². The Hall–Kier alpha value is -4.19. The summed E-state index contributed by atoms with van der Waals surface area (Å²) in [6.07, 6.45) is 0. The van der Waals surface area contributed by atoms with Crippen LogP contribution in [0.2, 0.25) is 0 Å². The molecule has 0 radical (unpaired) electrons. The number of aromatic amines is 1. The Balaban J connectivity index is 1.46. The second-order valence-electron chi connectivity index (χ2n) is 8.00. The van der Waals surface area contributed by atoms with E-state index >= 15 is 0 Å². The van der Waals surface area contributed by atoms with Gasteiger partial charge >= 0.3 is 5.63 Å². The lowest BCUT2D eigenvalue weighted by atomic mass is 10.0. The number of nitrogens with zero attached hydrogens (tertiary/aromatic N) is 1. The van der Waals surface area contributed by atoms with Gasteiger partial charge < -0.3 is 14.7 Å². The number of benzene rings is 3. The van der Waals surface area contributed by atoms with E-state index in [2.05, 4.69) is 36.3 Å². The van der Waals surface area contributed by atoms with Crippen molar-refractivity contribution in [3.8, 4) is 11.4 Å². The van der Waals surface area contributed by atoms with Crippen molar-refractivity contribution in [2.45, 2.75) is 20.8 Å². The third-order valence-corrected chi connectivity index (χ3v) is 5.67. The first kappa shape index (κ1) is 19.8. The monoisotopic (exact) mass is 423 g/mol. The number of nitrogens with one attached hydrogen (secondary N) is 2. The van der Waals surface area contributed by atoms with Gasteiger partial charge in [-0.25, -0.2) is 9.78 Å². The molecule has 1 amide bonds. The van der Waals surface area contributed by atoms with Crippen molar-refractivity contribution >= 4 is 33.6 Å². The average Bonchev–Trinajstić information content (AvgIpc) is 3.16. The summed E-state index contributed by atoms with van der Waals surface area (Å²) in [6, 6.07) is 18.3. The van der Waals surface area contributed by atoms with E-state index in [0.717, 1.165) is 44.5 Å². The zero-order chi connectivity index (χ0) is 22.4. The van der Waals surface area contributed by atoms with Crippen molar-refractivity contribution in [1.29, 1.82) is 0 Å². The number of hydrogen-bond donors (Lipinski definition) is 2. The molecule has 0 spiro atoms. The van der Waals surface area contributed by atoms with Gasteiger partial charge in [0.2, 0.25) is 0 Å². The Morgan fingerprint density at radius 2 is 1.72 bits per heavy atom. The molecule has 158 valence electrons. The fraction of sp³-hybridized carbons (Fsp3) is 0.115. The fourth-order valence-corrected chi connectivity index (χ4v) is 4.06. The summed E-state index contributed by atoms with van der Waals surface area (Å²) in [6.45, 7) is 5.97. The molecule has 6 heteroatoms. The second-order valence-corrected chi connectivity index (χ2v) is 8.00. The maximum Gasteiger partial charge on any atom is 0.336 e. The zero-order valence-corrected chi connectivity index (χ0v) is 17.9. The van der Waals surface area contributed by atoms with Crippen LogP contribution in [0.4, 0.5) is 5.69 Å². The normalized spacial score (nSPS) is 11.2. The molecule has 5 aromatic rings. The van der Waals surface area contributed by atoms with E-state index in [1.54, 1.807) is 24.3 Å². The number of amides is 1. The molecular formula is C26H21N3O3. The molecule has 2 aromatic heterocycles. The van der Waals surface area contributed by atoms with Crippen LogP contribution < -0.4 is 10.9 Å². The van der Waals surface area contributed by atoms with Gasteiger partial charge in [0, 0.05) is 34.3 Å².